The van der Waals surface area contributed by atoms with Gasteiger partial charge in [-0.1, -0.05) is 18.2 Å². The molecule has 4 aromatic rings. The molecule has 0 aliphatic rings. The summed E-state index contributed by atoms with van der Waals surface area (Å²) in [6.45, 7) is 2.56. The molecule has 154 valence electrons. The quantitative estimate of drug-likeness (QED) is 0.507. The Hall–Kier alpha value is -3.46. The second kappa shape index (κ2) is 7.75. The predicted octanol–water partition coefficient (Wildman–Crippen LogP) is 3.40. The molecular formula is C21H21N5O3S. The number of oxazole rings is 1. The molecule has 1 N–H and O–H groups in total. The number of sulfone groups is 1. The number of pyridine rings is 1. The summed E-state index contributed by atoms with van der Waals surface area (Å²) in [5.74, 6) is 1.22. The summed E-state index contributed by atoms with van der Waals surface area (Å²) in [7, 11) is -1.41. The number of hydrogen-bond donors (Lipinski definition) is 1. The van der Waals surface area contributed by atoms with Crippen molar-refractivity contribution in [1.82, 2.24) is 19.7 Å². The van der Waals surface area contributed by atoms with E-state index in [-0.39, 0.29) is 4.90 Å². The lowest BCUT2D eigenvalue weighted by Crippen LogP contribution is -2.04. The molecule has 0 unspecified atom stereocenters. The third-order valence-electron chi connectivity index (χ3n) is 4.70. The number of benzene rings is 1. The summed E-state index contributed by atoms with van der Waals surface area (Å²) >= 11 is 0. The fourth-order valence-electron chi connectivity index (χ4n) is 3.01. The first kappa shape index (κ1) is 19.8. The number of aromatic nitrogens is 4. The molecule has 0 spiro atoms. The second-order valence-electron chi connectivity index (χ2n) is 6.96. The van der Waals surface area contributed by atoms with Crippen molar-refractivity contribution < 1.29 is 12.8 Å². The van der Waals surface area contributed by atoms with Gasteiger partial charge in [0.2, 0.25) is 5.89 Å². The maximum absolute atomic E-state index is 11.6. The predicted molar refractivity (Wildman–Crippen MR) is 114 cm³/mol. The van der Waals surface area contributed by atoms with Crippen LogP contribution in [0, 0.1) is 6.92 Å². The van der Waals surface area contributed by atoms with Crippen molar-refractivity contribution >= 4 is 15.7 Å². The van der Waals surface area contributed by atoms with Gasteiger partial charge in [-0.2, -0.15) is 5.10 Å². The zero-order chi connectivity index (χ0) is 21.3. The Morgan fingerprint density at radius 1 is 1.10 bits per heavy atom. The standard InChI is InChI=1S/C21H21N5O3S/c1-14-10-18(25-26(14)12-15-4-9-20(22-2)23-11-15)21-24-19(13-29-21)16-5-7-17(8-6-16)30(3,27)28/h4-11,13H,12H2,1-3H3,(H,22,23). The number of hydrogen-bond acceptors (Lipinski definition) is 7. The number of nitrogens with one attached hydrogen (secondary N) is 1. The van der Waals surface area contributed by atoms with Crippen LogP contribution in [0.25, 0.3) is 22.8 Å². The molecule has 0 atom stereocenters. The Bertz CT molecular complexity index is 1270. The first-order chi connectivity index (χ1) is 14.3. The van der Waals surface area contributed by atoms with Gasteiger partial charge in [-0.25, -0.2) is 18.4 Å². The van der Waals surface area contributed by atoms with E-state index in [0.717, 1.165) is 22.6 Å². The van der Waals surface area contributed by atoms with Gasteiger partial charge in [0.25, 0.3) is 0 Å². The first-order valence-electron chi connectivity index (χ1n) is 9.27. The third-order valence-corrected chi connectivity index (χ3v) is 5.82. The third kappa shape index (κ3) is 4.11. The molecule has 9 heteroatoms. The van der Waals surface area contributed by atoms with E-state index >= 15 is 0 Å². The van der Waals surface area contributed by atoms with E-state index in [1.54, 1.807) is 30.5 Å². The van der Waals surface area contributed by atoms with Crippen LogP contribution in [-0.2, 0) is 16.4 Å². The van der Waals surface area contributed by atoms with E-state index < -0.39 is 9.84 Å². The minimum absolute atomic E-state index is 0.265. The topological polar surface area (TPSA) is 103 Å². The Kier molecular flexibility index (Phi) is 5.13. The molecule has 3 aromatic heterocycles. The molecule has 0 fully saturated rings. The van der Waals surface area contributed by atoms with Crippen molar-refractivity contribution in [2.24, 2.45) is 0 Å². The lowest BCUT2D eigenvalue weighted by molar-refractivity contribution is 0.568. The summed E-state index contributed by atoms with van der Waals surface area (Å²) in [6, 6.07) is 12.4. The summed E-state index contributed by atoms with van der Waals surface area (Å²) in [5.41, 5.74) is 4.02. The highest BCUT2D eigenvalue weighted by Crippen LogP contribution is 2.25. The zero-order valence-corrected chi connectivity index (χ0v) is 17.6. The monoisotopic (exact) mass is 423 g/mol. The molecule has 3 heterocycles. The lowest BCUT2D eigenvalue weighted by Gasteiger charge is -2.05. The van der Waals surface area contributed by atoms with Gasteiger partial charge in [-0.15, -0.1) is 0 Å². The van der Waals surface area contributed by atoms with Crippen molar-refractivity contribution in [2.75, 3.05) is 18.6 Å². The summed E-state index contributed by atoms with van der Waals surface area (Å²) in [6.07, 6.45) is 4.54. The summed E-state index contributed by atoms with van der Waals surface area (Å²) < 4.78 is 30.7. The molecule has 0 saturated heterocycles. The Labute approximate surface area is 174 Å². The van der Waals surface area contributed by atoms with Crippen LogP contribution in [0.1, 0.15) is 11.3 Å². The molecule has 8 nitrogen and oxygen atoms in total. The molecule has 0 radical (unpaired) electrons. The highest BCUT2D eigenvalue weighted by molar-refractivity contribution is 7.90. The van der Waals surface area contributed by atoms with Gasteiger partial charge in [0.15, 0.2) is 9.84 Å². The van der Waals surface area contributed by atoms with Crippen LogP contribution in [0.3, 0.4) is 0 Å². The molecule has 0 aliphatic carbocycles. The van der Waals surface area contributed by atoms with Gasteiger partial charge in [-0.3, -0.25) is 4.68 Å². The Morgan fingerprint density at radius 2 is 1.87 bits per heavy atom. The van der Waals surface area contributed by atoms with E-state index in [1.807, 2.05) is 43.0 Å². The van der Waals surface area contributed by atoms with Crippen molar-refractivity contribution in [2.45, 2.75) is 18.4 Å². The van der Waals surface area contributed by atoms with Gasteiger partial charge in [0.05, 0.1) is 11.4 Å². The van der Waals surface area contributed by atoms with E-state index in [4.69, 9.17) is 4.42 Å². The number of aryl methyl sites for hydroxylation is 1. The molecule has 0 aliphatic heterocycles. The van der Waals surface area contributed by atoms with Crippen molar-refractivity contribution in [3.63, 3.8) is 0 Å². The molecule has 0 amide bonds. The smallest absolute Gasteiger partial charge is 0.247 e. The zero-order valence-electron chi connectivity index (χ0n) is 16.8. The van der Waals surface area contributed by atoms with Crippen LogP contribution in [-0.4, -0.2) is 41.5 Å². The van der Waals surface area contributed by atoms with Gasteiger partial charge < -0.3 is 9.73 Å². The molecule has 0 saturated carbocycles. The fraction of sp³-hybridized carbons (Fsp3) is 0.190. The van der Waals surface area contributed by atoms with Crippen LogP contribution in [0.5, 0.6) is 0 Å². The van der Waals surface area contributed by atoms with Crippen LogP contribution in [0.4, 0.5) is 5.82 Å². The Morgan fingerprint density at radius 3 is 2.50 bits per heavy atom. The van der Waals surface area contributed by atoms with Crippen LogP contribution in [0.2, 0.25) is 0 Å². The first-order valence-corrected chi connectivity index (χ1v) is 11.2. The van der Waals surface area contributed by atoms with Crippen molar-refractivity contribution in [1.29, 1.82) is 0 Å². The Balaban J connectivity index is 1.55. The largest absolute Gasteiger partial charge is 0.443 e. The summed E-state index contributed by atoms with van der Waals surface area (Å²) in [5, 5.41) is 7.61. The van der Waals surface area contributed by atoms with E-state index in [0.29, 0.717) is 23.8 Å². The number of anilines is 1. The normalized spacial score (nSPS) is 11.6. The average molecular weight is 423 g/mol. The minimum atomic E-state index is -3.24. The molecule has 1 aromatic carbocycles. The SMILES string of the molecule is CNc1ccc(Cn2nc(-c3nc(-c4ccc(S(C)(=O)=O)cc4)co3)cc2C)cn1. The number of rotatable bonds is 6. The number of nitrogens with zero attached hydrogens (tertiary/aromatic N) is 4. The van der Waals surface area contributed by atoms with Gasteiger partial charge >= 0.3 is 0 Å². The second-order valence-corrected chi connectivity index (χ2v) is 8.98. The maximum atomic E-state index is 11.6. The van der Waals surface area contributed by atoms with Gasteiger partial charge in [-0.05, 0) is 36.8 Å². The average Bonchev–Trinajstić information content (AvgIpc) is 3.35. The van der Waals surface area contributed by atoms with Crippen molar-refractivity contribution in [3.05, 3.63) is 66.2 Å². The minimum Gasteiger partial charge on any atom is -0.443 e. The highest BCUT2D eigenvalue weighted by atomic mass is 32.2. The van der Waals surface area contributed by atoms with Gasteiger partial charge in [0.1, 0.15) is 23.5 Å². The van der Waals surface area contributed by atoms with Crippen LogP contribution < -0.4 is 5.32 Å². The lowest BCUT2D eigenvalue weighted by atomic mass is 10.2. The molecule has 4 rings (SSSR count). The van der Waals surface area contributed by atoms with E-state index in [9.17, 15) is 8.42 Å². The van der Waals surface area contributed by atoms with Crippen LogP contribution >= 0.6 is 0 Å². The maximum Gasteiger partial charge on any atom is 0.247 e. The molecular weight excluding hydrogens is 402 g/mol. The van der Waals surface area contributed by atoms with Crippen molar-refractivity contribution in [3.8, 4) is 22.8 Å². The molecule has 30 heavy (non-hydrogen) atoms. The van der Waals surface area contributed by atoms with E-state index in [2.05, 4.69) is 20.4 Å². The van der Waals surface area contributed by atoms with Gasteiger partial charge in [0, 0.05) is 30.8 Å². The van der Waals surface area contributed by atoms with E-state index in [1.165, 1.54) is 6.26 Å². The fourth-order valence-corrected chi connectivity index (χ4v) is 3.64. The van der Waals surface area contributed by atoms with Crippen LogP contribution in [0.15, 0.2) is 64.2 Å². The summed E-state index contributed by atoms with van der Waals surface area (Å²) in [4.78, 5) is 9.10. The molecule has 0 bridgehead atoms. The highest BCUT2D eigenvalue weighted by Gasteiger charge is 2.14.